The average Bonchev–Trinajstić information content (AvgIpc) is 2.62. The first-order chi connectivity index (χ1) is 7.58. The third-order valence-corrected chi connectivity index (χ3v) is 3.45. The fraction of sp³-hybridized carbons (Fsp3) is 0.800. The lowest BCUT2D eigenvalue weighted by molar-refractivity contribution is -0.141. The summed E-state index contributed by atoms with van der Waals surface area (Å²) in [5.74, 6) is 4.22. The smallest absolute Gasteiger partial charge is 0.308 e. The summed E-state index contributed by atoms with van der Waals surface area (Å²) in [5.41, 5.74) is 0. The minimum Gasteiger partial charge on any atom is -0.481 e. The van der Waals surface area contributed by atoms with E-state index in [4.69, 9.17) is 10.9 Å². The van der Waals surface area contributed by atoms with Crippen molar-refractivity contribution in [3.05, 3.63) is 0 Å². The summed E-state index contributed by atoms with van der Waals surface area (Å²) in [6.45, 7) is 1.90. The summed E-state index contributed by atoms with van der Waals surface area (Å²) < 4.78 is 0. The third kappa shape index (κ3) is 2.17. The molecule has 1 unspecified atom stereocenters. The maximum Gasteiger partial charge on any atom is 0.308 e. The summed E-state index contributed by atoms with van der Waals surface area (Å²) in [7, 11) is 0. The lowest BCUT2D eigenvalue weighted by Crippen LogP contribution is -2.47. The van der Waals surface area contributed by atoms with E-state index in [0.29, 0.717) is 6.54 Å². The molecule has 90 valence electrons. The molecule has 0 radical (unpaired) electrons. The van der Waals surface area contributed by atoms with Crippen LogP contribution >= 0.6 is 0 Å². The summed E-state index contributed by atoms with van der Waals surface area (Å²) in [5, 5.41) is 10.6. The van der Waals surface area contributed by atoms with Gasteiger partial charge in [-0.05, 0) is 12.8 Å². The van der Waals surface area contributed by atoms with Gasteiger partial charge in [0, 0.05) is 32.1 Å². The van der Waals surface area contributed by atoms with Crippen LogP contribution in [0, 0.1) is 5.92 Å². The Balaban J connectivity index is 1.95. The lowest BCUT2D eigenvalue weighted by atomic mass is 10.0. The number of hydrogen-bond donors (Lipinski definition) is 2. The highest BCUT2D eigenvalue weighted by atomic mass is 16.4. The maximum atomic E-state index is 11.7. The van der Waals surface area contributed by atoms with Crippen LogP contribution in [0.2, 0.25) is 0 Å². The van der Waals surface area contributed by atoms with E-state index in [-0.39, 0.29) is 18.4 Å². The summed E-state index contributed by atoms with van der Waals surface area (Å²) >= 11 is 0. The topological polar surface area (TPSA) is 86.9 Å². The number of aliphatic carboxylic acids is 1. The van der Waals surface area contributed by atoms with Gasteiger partial charge in [0.25, 0.3) is 0 Å². The van der Waals surface area contributed by atoms with Crippen molar-refractivity contribution >= 4 is 11.9 Å². The van der Waals surface area contributed by atoms with E-state index in [1.807, 2.05) is 0 Å². The quantitative estimate of drug-likeness (QED) is 0.607. The van der Waals surface area contributed by atoms with Crippen molar-refractivity contribution in [2.45, 2.75) is 25.3 Å². The second-order valence-corrected chi connectivity index (χ2v) is 4.55. The Morgan fingerprint density at radius 1 is 1.38 bits per heavy atom. The van der Waals surface area contributed by atoms with Crippen LogP contribution in [0.5, 0.6) is 0 Å². The highest BCUT2D eigenvalue weighted by Crippen LogP contribution is 2.24. The van der Waals surface area contributed by atoms with Crippen molar-refractivity contribution in [2.24, 2.45) is 11.8 Å². The summed E-state index contributed by atoms with van der Waals surface area (Å²) in [6, 6.07) is 0.177. The molecule has 0 bridgehead atoms. The Kier molecular flexibility index (Phi) is 3.11. The van der Waals surface area contributed by atoms with Gasteiger partial charge in [0.05, 0.1) is 5.92 Å². The van der Waals surface area contributed by atoms with Gasteiger partial charge in [0.15, 0.2) is 0 Å². The molecule has 0 aliphatic carbocycles. The molecule has 2 aliphatic heterocycles. The van der Waals surface area contributed by atoms with Crippen LogP contribution in [0.25, 0.3) is 0 Å². The first-order valence-electron chi connectivity index (χ1n) is 5.60. The molecule has 0 aromatic heterocycles. The normalized spacial score (nSPS) is 28.7. The van der Waals surface area contributed by atoms with Gasteiger partial charge in [-0.2, -0.15) is 0 Å². The largest absolute Gasteiger partial charge is 0.481 e. The molecule has 0 aromatic carbocycles. The van der Waals surface area contributed by atoms with Crippen LogP contribution in [0.3, 0.4) is 0 Å². The van der Waals surface area contributed by atoms with Gasteiger partial charge in [-0.15, -0.1) is 0 Å². The Labute approximate surface area is 94.0 Å². The predicted molar refractivity (Wildman–Crippen MR) is 56.2 cm³/mol. The zero-order valence-electron chi connectivity index (χ0n) is 9.13. The van der Waals surface area contributed by atoms with E-state index in [1.165, 1.54) is 0 Å². The Bertz CT molecular complexity index is 300. The second-order valence-electron chi connectivity index (χ2n) is 4.55. The number of carbonyl (C=O) groups excluding carboxylic acids is 1. The molecule has 6 heteroatoms. The number of piperidine rings is 1. The van der Waals surface area contributed by atoms with Crippen molar-refractivity contribution in [3.8, 4) is 0 Å². The molecule has 2 aliphatic rings. The van der Waals surface area contributed by atoms with E-state index in [0.717, 1.165) is 25.9 Å². The summed E-state index contributed by atoms with van der Waals surface area (Å²) in [4.78, 5) is 24.2. The number of amides is 1. The van der Waals surface area contributed by atoms with E-state index >= 15 is 0 Å². The standard InChI is InChI=1S/C10H17N3O3/c11-12-3-1-8(2-4-12)13-6-7(10(15)16)5-9(13)14/h7-8H,1-6,11H2,(H,15,16). The number of carbonyl (C=O) groups is 2. The molecular formula is C10H17N3O3. The molecule has 1 amide bonds. The van der Waals surface area contributed by atoms with Crippen LogP contribution < -0.4 is 5.84 Å². The van der Waals surface area contributed by atoms with Crippen LogP contribution in [-0.4, -0.2) is 52.6 Å². The van der Waals surface area contributed by atoms with Crippen molar-refractivity contribution in [2.75, 3.05) is 19.6 Å². The van der Waals surface area contributed by atoms with Crippen LogP contribution in [0.4, 0.5) is 0 Å². The molecule has 6 nitrogen and oxygen atoms in total. The van der Waals surface area contributed by atoms with Gasteiger partial charge >= 0.3 is 5.97 Å². The lowest BCUT2D eigenvalue weighted by Gasteiger charge is -2.34. The van der Waals surface area contributed by atoms with E-state index in [2.05, 4.69) is 0 Å². The van der Waals surface area contributed by atoms with Crippen molar-refractivity contribution < 1.29 is 14.7 Å². The molecule has 16 heavy (non-hydrogen) atoms. The number of hydrogen-bond acceptors (Lipinski definition) is 4. The zero-order valence-corrected chi connectivity index (χ0v) is 9.13. The minimum atomic E-state index is -0.868. The number of carboxylic acid groups (broad SMARTS) is 1. The molecule has 2 fully saturated rings. The number of rotatable bonds is 2. The molecule has 0 saturated carbocycles. The minimum absolute atomic E-state index is 0.0251. The number of likely N-dealkylation sites (tertiary alicyclic amines) is 1. The average molecular weight is 227 g/mol. The molecule has 2 saturated heterocycles. The molecule has 3 N–H and O–H groups in total. The van der Waals surface area contributed by atoms with Crippen LogP contribution in [0.1, 0.15) is 19.3 Å². The highest BCUT2D eigenvalue weighted by Gasteiger charge is 2.38. The first-order valence-corrected chi connectivity index (χ1v) is 5.60. The molecule has 2 rings (SSSR count). The van der Waals surface area contributed by atoms with E-state index in [1.54, 1.807) is 9.91 Å². The predicted octanol–water partition coefficient (Wildman–Crippen LogP) is -0.742. The summed E-state index contributed by atoms with van der Waals surface area (Å²) in [6.07, 6.45) is 1.83. The van der Waals surface area contributed by atoms with E-state index in [9.17, 15) is 9.59 Å². The number of hydrazine groups is 1. The Hall–Kier alpha value is -1.14. The molecule has 0 aromatic rings. The van der Waals surface area contributed by atoms with Gasteiger partial charge in [-0.25, -0.2) is 5.01 Å². The number of nitrogens with zero attached hydrogens (tertiary/aromatic N) is 2. The first kappa shape index (κ1) is 11.3. The molecule has 2 heterocycles. The number of nitrogens with two attached hydrogens (primary N) is 1. The maximum absolute atomic E-state index is 11.7. The fourth-order valence-electron chi connectivity index (χ4n) is 2.45. The zero-order chi connectivity index (χ0) is 11.7. The van der Waals surface area contributed by atoms with Gasteiger partial charge < -0.3 is 10.0 Å². The molecular weight excluding hydrogens is 210 g/mol. The van der Waals surface area contributed by atoms with Crippen LogP contribution in [0.15, 0.2) is 0 Å². The molecule has 1 atom stereocenters. The van der Waals surface area contributed by atoms with Crippen LogP contribution in [-0.2, 0) is 9.59 Å². The van der Waals surface area contributed by atoms with Gasteiger partial charge in [0.1, 0.15) is 0 Å². The van der Waals surface area contributed by atoms with Crippen molar-refractivity contribution in [1.29, 1.82) is 0 Å². The monoisotopic (exact) mass is 227 g/mol. The van der Waals surface area contributed by atoms with Gasteiger partial charge in [-0.3, -0.25) is 15.4 Å². The Morgan fingerprint density at radius 2 is 2.00 bits per heavy atom. The van der Waals surface area contributed by atoms with Crippen molar-refractivity contribution in [1.82, 2.24) is 9.91 Å². The second kappa shape index (κ2) is 4.39. The van der Waals surface area contributed by atoms with Gasteiger partial charge in [0.2, 0.25) is 5.91 Å². The SMILES string of the molecule is NN1CCC(N2CC(C(=O)O)CC2=O)CC1. The third-order valence-electron chi connectivity index (χ3n) is 3.45. The fourth-order valence-corrected chi connectivity index (χ4v) is 2.45. The van der Waals surface area contributed by atoms with Crippen molar-refractivity contribution in [3.63, 3.8) is 0 Å². The number of carboxylic acids is 1. The highest BCUT2D eigenvalue weighted by molar-refractivity contribution is 5.86. The Morgan fingerprint density at radius 3 is 2.50 bits per heavy atom. The van der Waals surface area contributed by atoms with E-state index < -0.39 is 11.9 Å². The molecule has 0 spiro atoms. The van der Waals surface area contributed by atoms with Gasteiger partial charge in [-0.1, -0.05) is 0 Å².